The second-order valence-electron chi connectivity index (χ2n) is 4.12. The standard InChI is InChI=1S/C14H12ClFN2O/c1-8-3-2-4-10(15)13(8)18-14(19)9-5-6-12(17)11(16)7-9/h2-7H,17H2,1H3,(H,18,19). The third-order valence-corrected chi connectivity index (χ3v) is 3.04. The first-order chi connectivity index (χ1) is 8.99. The molecule has 0 aliphatic heterocycles. The predicted molar refractivity (Wildman–Crippen MR) is 75.0 cm³/mol. The number of benzene rings is 2. The van der Waals surface area contributed by atoms with E-state index < -0.39 is 11.7 Å². The Morgan fingerprint density at radius 3 is 2.68 bits per heavy atom. The third kappa shape index (κ3) is 2.85. The van der Waals surface area contributed by atoms with Crippen LogP contribution in [0.5, 0.6) is 0 Å². The van der Waals surface area contributed by atoms with Gasteiger partial charge in [0.15, 0.2) is 0 Å². The van der Waals surface area contributed by atoms with Crippen molar-refractivity contribution < 1.29 is 9.18 Å². The molecule has 2 aromatic carbocycles. The van der Waals surface area contributed by atoms with Crippen LogP contribution in [0.4, 0.5) is 15.8 Å². The lowest BCUT2D eigenvalue weighted by molar-refractivity contribution is 0.102. The van der Waals surface area contributed by atoms with Crippen molar-refractivity contribution in [3.63, 3.8) is 0 Å². The molecule has 0 aliphatic rings. The van der Waals surface area contributed by atoms with Crippen LogP contribution in [0.1, 0.15) is 15.9 Å². The summed E-state index contributed by atoms with van der Waals surface area (Å²) in [6.45, 7) is 1.82. The van der Waals surface area contributed by atoms with Crippen LogP contribution in [-0.4, -0.2) is 5.91 Å². The number of aryl methyl sites for hydroxylation is 1. The number of nitrogens with two attached hydrogens (primary N) is 1. The van der Waals surface area contributed by atoms with Gasteiger partial charge in [-0.25, -0.2) is 4.39 Å². The molecule has 0 atom stereocenters. The molecule has 0 unspecified atom stereocenters. The van der Waals surface area contributed by atoms with Gasteiger partial charge in [0.1, 0.15) is 5.82 Å². The highest BCUT2D eigenvalue weighted by atomic mass is 35.5. The van der Waals surface area contributed by atoms with Crippen LogP contribution in [-0.2, 0) is 0 Å². The third-order valence-electron chi connectivity index (χ3n) is 2.72. The zero-order valence-electron chi connectivity index (χ0n) is 10.2. The van der Waals surface area contributed by atoms with Crippen molar-refractivity contribution in [3.05, 3.63) is 58.4 Å². The Kier molecular flexibility index (Phi) is 3.71. The topological polar surface area (TPSA) is 55.1 Å². The number of nitrogen functional groups attached to an aromatic ring is 1. The molecule has 0 aromatic heterocycles. The molecule has 3 nitrogen and oxygen atoms in total. The van der Waals surface area contributed by atoms with Crippen molar-refractivity contribution in [3.8, 4) is 0 Å². The van der Waals surface area contributed by atoms with Crippen LogP contribution in [0, 0.1) is 12.7 Å². The average molecular weight is 279 g/mol. The highest BCUT2D eigenvalue weighted by Crippen LogP contribution is 2.26. The number of anilines is 2. The highest BCUT2D eigenvalue weighted by Gasteiger charge is 2.11. The Balaban J connectivity index is 2.28. The fraction of sp³-hybridized carbons (Fsp3) is 0.0714. The van der Waals surface area contributed by atoms with Crippen LogP contribution >= 0.6 is 11.6 Å². The largest absolute Gasteiger partial charge is 0.396 e. The maximum Gasteiger partial charge on any atom is 0.255 e. The molecular formula is C14H12ClFN2O. The van der Waals surface area contributed by atoms with Gasteiger partial charge in [0.05, 0.1) is 16.4 Å². The summed E-state index contributed by atoms with van der Waals surface area (Å²) in [5, 5.41) is 3.10. The number of hydrogen-bond donors (Lipinski definition) is 2. The Morgan fingerprint density at radius 2 is 2.05 bits per heavy atom. The number of rotatable bonds is 2. The predicted octanol–water partition coefficient (Wildman–Crippen LogP) is 3.62. The number of para-hydroxylation sites is 1. The van der Waals surface area contributed by atoms with Crippen molar-refractivity contribution in [2.24, 2.45) is 0 Å². The molecule has 0 saturated carbocycles. The minimum Gasteiger partial charge on any atom is -0.396 e. The van der Waals surface area contributed by atoms with Gasteiger partial charge in [0.25, 0.3) is 5.91 Å². The van der Waals surface area contributed by atoms with Crippen LogP contribution in [0.25, 0.3) is 0 Å². The van der Waals surface area contributed by atoms with E-state index >= 15 is 0 Å². The first kappa shape index (κ1) is 13.4. The smallest absolute Gasteiger partial charge is 0.255 e. The molecule has 3 N–H and O–H groups in total. The maximum absolute atomic E-state index is 13.3. The van der Waals surface area contributed by atoms with Gasteiger partial charge in [0, 0.05) is 5.56 Å². The van der Waals surface area contributed by atoms with Crippen molar-refractivity contribution in [2.45, 2.75) is 6.92 Å². The summed E-state index contributed by atoms with van der Waals surface area (Å²) in [5.74, 6) is -1.06. The number of carbonyl (C=O) groups is 1. The zero-order valence-corrected chi connectivity index (χ0v) is 11.0. The molecule has 0 bridgehead atoms. The highest BCUT2D eigenvalue weighted by molar-refractivity contribution is 6.34. The summed E-state index contributed by atoms with van der Waals surface area (Å²) in [6.07, 6.45) is 0. The molecule has 0 radical (unpaired) electrons. The van der Waals surface area contributed by atoms with E-state index in [2.05, 4.69) is 5.32 Å². The Morgan fingerprint density at radius 1 is 1.32 bits per heavy atom. The fourth-order valence-corrected chi connectivity index (χ4v) is 1.91. The SMILES string of the molecule is Cc1cccc(Cl)c1NC(=O)c1ccc(N)c(F)c1. The van der Waals surface area contributed by atoms with Crippen LogP contribution in [0.3, 0.4) is 0 Å². The molecule has 0 aliphatic carbocycles. The number of carbonyl (C=O) groups excluding carboxylic acids is 1. The summed E-state index contributed by atoms with van der Waals surface area (Å²) >= 11 is 6.01. The summed E-state index contributed by atoms with van der Waals surface area (Å²) in [5.41, 5.74) is 6.90. The first-order valence-corrected chi connectivity index (χ1v) is 5.98. The molecule has 0 saturated heterocycles. The molecular weight excluding hydrogens is 267 g/mol. The second kappa shape index (κ2) is 5.28. The monoisotopic (exact) mass is 278 g/mol. The minimum absolute atomic E-state index is 0.00507. The van der Waals surface area contributed by atoms with Gasteiger partial charge in [0.2, 0.25) is 0 Å². The Hall–Kier alpha value is -2.07. The maximum atomic E-state index is 13.3. The normalized spacial score (nSPS) is 10.3. The molecule has 19 heavy (non-hydrogen) atoms. The van der Waals surface area contributed by atoms with Crippen molar-refractivity contribution in [1.29, 1.82) is 0 Å². The average Bonchev–Trinajstić information content (AvgIpc) is 2.37. The first-order valence-electron chi connectivity index (χ1n) is 5.60. The van der Waals surface area contributed by atoms with Gasteiger partial charge in [-0.2, -0.15) is 0 Å². The lowest BCUT2D eigenvalue weighted by Crippen LogP contribution is -2.13. The second-order valence-corrected chi connectivity index (χ2v) is 4.53. The molecule has 2 rings (SSSR count). The van der Waals surface area contributed by atoms with Crippen molar-refractivity contribution in [2.75, 3.05) is 11.1 Å². The Labute approximate surface area is 115 Å². The van der Waals surface area contributed by atoms with Crippen LogP contribution in [0.2, 0.25) is 5.02 Å². The van der Waals surface area contributed by atoms with Gasteiger partial charge >= 0.3 is 0 Å². The van der Waals surface area contributed by atoms with Gasteiger partial charge in [-0.15, -0.1) is 0 Å². The number of hydrogen-bond acceptors (Lipinski definition) is 2. The lowest BCUT2D eigenvalue weighted by Gasteiger charge is -2.10. The van der Waals surface area contributed by atoms with Crippen LogP contribution < -0.4 is 11.1 Å². The molecule has 5 heteroatoms. The summed E-state index contributed by atoms with van der Waals surface area (Å²) in [6, 6.07) is 9.19. The van der Waals surface area contributed by atoms with E-state index in [9.17, 15) is 9.18 Å². The van der Waals surface area contributed by atoms with E-state index in [4.69, 9.17) is 17.3 Å². The summed E-state index contributed by atoms with van der Waals surface area (Å²) in [4.78, 5) is 12.0. The molecule has 1 amide bonds. The van der Waals surface area contributed by atoms with Gasteiger partial charge in [-0.1, -0.05) is 23.7 Å². The minimum atomic E-state index is -0.622. The van der Waals surface area contributed by atoms with E-state index in [1.54, 1.807) is 12.1 Å². The zero-order chi connectivity index (χ0) is 14.0. The van der Waals surface area contributed by atoms with E-state index in [-0.39, 0.29) is 11.3 Å². The van der Waals surface area contributed by atoms with Gasteiger partial charge in [-0.3, -0.25) is 4.79 Å². The lowest BCUT2D eigenvalue weighted by atomic mass is 10.1. The summed E-state index contributed by atoms with van der Waals surface area (Å²) < 4.78 is 13.3. The molecule has 0 spiro atoms. The van der Waals surface area contributed by atoms with Crippen molar-refractivity contribution >= 4 is 28.9 Å². The summed E-state index contributed by atoms with van der Waals surface area (Å²) in [7, 11) is 0. The number of amides is 1. The van der Waals surface area contributed by atoms with Crippen LogP contribution in [0.15, 0.2) is 36.4 Å². The quantitative estimate of drug-likeness (QED) is 0.824. The fourth-order valence-electron chi connectivity index (χ4n) is 1.64. The number of nitrogens with one attached hydrogen (secondary N) is 1. The van der Waals surface area contributed by atoms with E-state index in [1.807, 2.05) is 13.0 Å². The van der Waals surface area contributed by atoms with Gasteiger partial charge in [-0.05, 0) is 36.8 Å². The van der Waals surface area contributed by atoms with E-state index in [1.165, 1.54) is 12.1 Å². The van der Waals surface area contributed by atoms with Crippen molar-refractivity contribution in [1.82, 2.24) is 0 Å². The van der Waals surface area contributed by atoms with E-state index in [0.717, 1.165) is 11.6 Å². The molecule has 0 fully saturated rings. The molecule has 0 heterocycles. The number of halogens is 2. The van der Waals surface area contributed by atoms with E-state index in [0.29, 0.717) is 10.7 Å². The molecule has 2 aromatic rings. The molecule has 98 valence electrons. The Bertz CT molecular complexity index is 623. The van der Waals surface area contributed by atoms with Gasteiger partial charge < -0.3 is 11.1 Å².